The van der Waals surface area contributed by atoms with Gasteiger partial charge < -0.3 is 9.88 Å². The molecule has 0 aliphatic carbocycles. The lowest BCUT2D eigenvalue weighted by Crippen LogP contribution is -2.05. The minimum Gasteiger partial charge on any atom is -0.385 e. The third-order valence-corrected chi connectivity index (χ3v) is 4.05. The van der Waals surface area contributed by atoms with Crippen LogP contribution in [-0.2, 0) is 6.54 Å². The maximum Gasteiger partial charge on any atom is 0.150 e. The molecule has 1 N–H and O–H groups in total. The summed E-state index contributed by atoms with van der Waals surface area (Å²) in [5.41, 5.74) is 2.16. The summed E-state index contributed by atoms with van der Waals surface area (Å²) < 4.78 is 2.14. The monoisotopic (exact) mass is 298 g/mol. The van der Waals surface area contributed by atoms with Crippen LogP contribution in [0.5, 0.6) is 0 Å². The Bertz CT molecular complexity index is 688. The Labute approximate surface area is 128 Å². The van der Waals surface area contributed by atoms with Crippen LogP contribution in [0.2, 0.25) is 0 Å². The molecule has 3 heterocycles. The summed E-state index contributed by atoms with van der Waals surface area (Å²) in [6, 6.07) is 8.25. The molecule has 0 saturated heterocycles. The average molecular weight is 298 g/mol. The predicted molar refractivity (Wildman–Crippen MR) is 87.7 cm³/mol. The summed E-state index contributed by atoms with van der Waals surface area (Å²) in [6.45, 7) is 3.87. The lowest BCUT2D eigenvalue weighted by molar-refractivity contribution is 0.783. The van der Waals surface area contributed by atoms with Gasteiger partial charge in [0.15, 0.2) is 0 Å². The highest BCUT2D eigenvalue weighted by molar-refractivity contribution is 7.13. The quantitative estimate of drug-likeness (QED) is 0.751. The van der Waals surface area contributed by atoms with Crippen molar-refractivity contribution in [3.63, 3.8) is 0 Å². The summed E-state index contributed by atoms with van der Waals surface area (Å²) in [6.07, 6.45) is 6.81. The first-order valence-corrected chi connectivity index (χ1v) is 7.98. The molecule has 0 unspecified atom stereocenters. The predicted octanol–water partition coefficient (Wildman–Crippen LogP) is 3.88. The van der Waals surface area contributed by atoms with Gasteiger partial charge in [0.2, 0.25) is 0 Å². The van der Waals surface area contributed by atoms with Crippen LogP contribution in [0.4, 0.5) is 5.69 Å². The zero-order valence-electron chi connectivity index (χ0n) is 12.0. The van der Waals surface area contributed by atoms with Gasteiger partial charge in [0.1, 0.15) is 5.82 Å². The molecule has 0 fully saturated rings. The number of imidazole rings is 1. The van der Waals surface area contributed by atoms with Crippen LogP contribution < -0.4 is 5.32 Å². The van der Waals surface area contributed by atoms with Gasteiger partial charge in [0.25, 0.3) is 0 Å². The number of rotatable bonds is 6. The van der Waals surface area contributed by atoms with E-state index in [2.05, 4.69) is 44.3 Å². The highest BCUT2D eigenvalue weighted by Gasteiger charge is 2.08. The first-order chi connectivity index (χ1) is 10.4. The maximum atomic E-state index is 4.46. The van der Waals surface area contributed by atoms with Crippen LogP contribution in [0, 0.1) is 0 Å². The highest BCUT2D eigenvalue weighted by Crippen LogP contribution is 2.23. The molecule has 3 rings (SSSR count). The topological polar surface area (TPSA) is 42.7 Å². The molecule has 0 aliphatic rings. The SMILES string of the molecule is CCCNc1ccnc(Cn2ccnc2-c2cccs2)c1. The summed E-state index contributed by atoms with van der Waals surface area (Å²) in [5, 5.41) is 5.46. The number of aromatic nitrogens is 3. The van der Waals surface area contributed by atoms with Gasteiger partial charge in [-0.05, 0) is 30.0 Å². The van der Waals surface area contributed by atoms with Crippen molar-refractivity contribution in [1.82, 2.24) is 14.5 Å². The van der Waals surface area contributed by atoms with E-state index in [1.165, 1.54) is 4.88 Å². The van der Waals surface area contributed by atoms with Gasteiger partial charge in [-0.25, -0.2) is 4.98 Å². The molecule has 0 bridgehead atoms. The number of thiophene rings is 1. The first-order valence-electron chi connectivity index (χ1n) is 7.10. The lowest BCUT2D eigenvalue weighted by Gasteiger charge is -2.09. The fraction of sp³-hybridized carbons (Fsp3) is 0.250. The van der Waals surface area contributed by atoms with Gasteiger partial charge in [-0.1, -0.05) is 13.0 Å². The number of hydrogen-bond acceptors (Lipinski definition) is 4. The zero-order valence-corrected chi connectivity index (χ0v) is 12.8. The molecule has 108 valence electrons. The van der Waals surface area contributed by atoms with E-state index in [9.17, 15) is 0 Å². The zero-order chi connectivity index (χ0) is 14.5. The second-order valence-corrected chi connectivity index (χ2v) is 5.77. The second-order valence-electron chi connectivity index (χ2n) is 4.82. The summed E-state index contributed by atoms with van der Waals surface area (Å²) in [4.78, 5) is 10.1. The van der Waals surface area contributed by atoms with Gasteiger partial charge in [-0.3, -0.25) is 4.98 Å². The fourth-order valence-electron chi connectivity index (χ4n) is 2.19. The smallest absolute Gasteiger partial charge is 0.150 e. The molecule has 0 radical (unpaired) electrons. The summed E-state index contributed by atoms with van der Waals surface area (Å²) in [7, 11) is 0. The number of pyridine rings is 1. The third-order valence-electron chi connectivity index (χ3n) is 3.19. The molecule has 3 aromatic rings. The van der Waals surface area contributed by atoms with Crippen LogP contribution in [0.1, 0.15) is 19.0 Å². The van der Waals surface area contributed by atoms with Crippen molar-refractivity contribution >= 4 is 17.0 Å². The van der Waals surface area contributed by atoms with Crippen LogP contribution >= 0.6 is 11.3 Å². The second kappa shape index (κ2) is 6.54. The molecule has 0 spiro atoms. The standard InChI is InChI=1S/C16H18N4S/c1-2-6-17-13-5-7-18-14(11-13)12-20-9-8-19-16(20)15-4-3-10-21-15/h3-5,7-11H,2,6,12H2,1H3,(H,17,18). The van der Waals surface area contributed by atoms with Crippen molar-refractivity contribution in [3.8, 4) is 10.7 Å². The molecule has 21 heavy (non-hydrogen) atoms. The van der Waals surface area contributed by atoms with Crippen LogP contribution in [-0.4, -0.2) is 21.1 Å². The Balaban J connectivity index is 1.80. The molecule has 3 aromatic heterocycles. The Morgan fingerprint density at radius 3 is 3.00 bits per heavy atom. The maximum absolute atomic E-state index is 4.46. The van der Waals surface area contributed by atoms with Crippen molar-refractivity contribution < 1.29 is 0 Å². The number of nitrogens with zero attached hydrogens (tertiary/aromatic N) is 3. The number of anilines is 1. The summed E-state index contributed by atoms with van der Waals surface area (Å²) in [5.74, 6) is 0.999. The van der Waals surface area contributed by atoms with Crippen LogP contribution in [0.25, 0.3) is 10.7 Å². The molecular weight excluding hydrogens is 280 g/mol. The Morgan fingerprint density at radius 2 is 2.19 bits per heavy atom. The Kier molecular flexibility index (Phi) is 4.31. The van der Waals surface area contributed by atoms with E-state index >= 15 is 0 Å². The summed E-state index contributed by atoms with van der Waals surface area (Å²) >= 11 is 1.70. The molecule has 5 heteroatoms. The average Bonchev–Trinajstić information content (AvgIpc) is 3.16. The van der Waals surface area contributed by atoms with Crippen molar-refractivity contribution in [2.24, 2.45) is 0 Å². The van der Waals surface area contributed by atoms with Crippen LogP contribution in [0.3, 0.4) is 0 Å². The van der Waals surface area contributed by atoms with Gasteiger partial charge >= 0.3 is 0 Å². The highest BCUT2D eigenvalue weighted by atomic mass is 32.1. The van der Waals surface area contributed by atoms with Gasteiger partial charge in [-0.15, -0.1) is 11.3 Å². The van der Waals surface area contributed by atoms with Gasteiger partial charge in [-0.2, -0.15) is 0 Å². The molecule has 0 atom stereocenters. The van der Waals surface area contributed by atoms with E-state index in [-0.39, 0.29) is 0 Å². The molecule has 0 saturated carbocycles. The van der Waals surface area contributed by atoms with E-state index in [1.54, 1.807) is 11.3 Å². The van der Waals surface area contributed by atoms with Crippen molar-refractivity contribution in [3.05, 3.63) is 53.9 Å². The van der Waals surface area contributed by atoms with E-state index in [4.69, 9.17) is 0 Å². The van der Waals surface area contributed by atoms with Gasteiger partial charge in [0.05, 0.1) is 17.1 Å². The first kappa shape index (κ1) is 13.8. The normalized spacial score (nSPS) is 10.7. The molecule has 4 nitrogen and oxygen atoms in total. The van der Waals surface area contributed by atoms with E-state index in [0.29, 0.717) is 0 Å². The van der Waals surface area contributed by atoms with Gasteiger partial charge in [0, 0.05) is 30.8 Å². The third kappa shape index (κ3) is 3.31. The molecular formula is C16H18N4S. The lowest BCUT2D eigenvalue weighted by atomic mass is 10.3. The molecule has 0 amide bonds. The molecule has 0 aromatic carbocycles. The number of hydrogen-bond donors (Lipinski definition) is 1. The molecule has 0 aliphatic heterocycles. The largest absolute Gasteiger partial charge is 0.385 e. The van der Waals surface area contributed by atoms with Crippen LogP contribution in [0.15, 0.2) is 48.2 Å². The van der Waals surface area contributed by atoms with Crippen molar-refractivity contribution in [1.29, 1.82) is 0 Å². The fourth-order valence-corrected chi connectivity index (χ4v) is 2.92. The van der Waals surface area contributed by atoms with Crippen molar-refractivity contribution in [2.75, 3.05) is 11.9 Å². The minimum atomic E-state index is 0.731. The van der Waals surface area contributed by atoms with E-state index < -0.39 is 0 Å². The Hall–Kier alpha value is -2.14. The number of nitrogens with one attached hydrogen (secondary N) is 1. The Morgan fingerprint density at radius 1 is 1.24 bits per heavy atom. The van der Waals surface area contributed by atoms with Crippen molar-refractivity contribution in [2.45, 2.75) is 19.9 Å². The van der Waals surface area contributed by atoms with E-state index in [1.807, 2.05) is 30.7 Å². The minimum absolute atomic E-state index is 0.731. The van der Waals surface area contributed by atoms with E-state index in [0.717, 1.165) is 36.7 Å².